The van der Waals surface area contributed by atoms with Crippen molar-refractivity contribution in [2.75, 3.05) is 12.8 Å². The lowest BCUT2D eigenvalue weighted by molar-refractivity contribution is 0.101. The van der Waals surface area contributed by atoms with Gasteiger partial charge in [-0.05, 0) is 67.8 Å². The molecular weight excluding hydrogens is 250 g/mol. The van der Waals surface area contributed by atoms with Crippen LogP contribution in [0, 0.1) is 13.8 Å². The first kappa shape index (κ1) is 14.1. The van der Waals surface area contributed by atoms with Crippen LogP contribution in [-0.4, -0.2) is 12.9 Å². The standard InChI is InChI=1S/C17H19NO2/c1-10-7-14(8-11(2)17(10)18)15-9-13(12(3)19)5-6-16(15)20-4/h5-9H,18H2,1-4H3. The Morgan fingerprint density at radius 3 is 2.20 bits per heavy atom. The number of benzene rings is 2. The molecule has 0 fully saturated rings. The van der Waals surface area contributed by atoms with E-state index in [-0.39, 0.29) is 5.78 Å². The Balaban J connectivity index is 2.67. The van der Waals surface area contributed by atoms with E-state index >= 15 is 0 Å². The molecule has 20 heavy (non-hydrogen) atoms. The highest BCUT2D eigenvalue weighted by atomic mass is 16.5. The zero-order chi connectivity index (χ0) is 14.9. The van der Waals surface area contributed by atoms with Crippen molar-refractivity contribution in [1.29, 1.82) is 0 Å². The molecule has 2 aromatic rings. The Labute approximate surface area is 119 Å². The molecule has 0 saturated carbocycles. The van der Waals surface area contributed by atoms with Gasteiger partial charge in [0.05, 0.1) is 7.11 Å². The summed E-state index contributed by atoms with van der Waals surface area (Å²) in [6.07, 6.45) is 0. The molecule has 0 aromatic heterocycles. The summed E-state index contributed by atoms with van der Waals surface area (Å²) >= 11 is 0. The molecule has 3 heteroatoms. The third-order valence-electron chi connectivity index (χ3n) is 3.51. The molecule has 0 radical (unpaired) electrons. The lowest BCUT2D eigenvalue weighted by atomic mass is 9.96. The fraction of sp³-hybridized carbons (Fsp3) is 0.235. The Hall–Kier alpha value is -2.29. The number of methoxy groups -OCH3 is 1. The molecule has 0 spiro atoms. The van der Waals surface area contributed by atoms with Gasteiger partial charge in [0.25, 0.3) is 0 Å². The summed E-state index contributed by atoms with van der Waals surface area (Å²) in [7, 11) is 1.63. The average molecular weight is 269 g/mol. The molecule has 0 aliphatic heterocycles. The number of hydrogen-bond acceptors (Lipinski definition) is 3. The van der Waals surface area contributed by atoms with Crippen molar-refractivity contribution >= 4 is 11.5 Å². The minimum atomic E-state index is 0.0396. The third-order valence-corrected chi connectivity index (χ3v) is 3.51. The Morgan fingerprint density at radius 1 is 1.10 bits per heavy atom. The van der Waals surface area contributed by atoms with Gasteiger partial charge in [0.15, 0.2) is 5.78 Å². The number of ether oxygens (including phenoxy) is 1. The van der Waals surface area contributed by atoms with Gasteiger partial charge in [-0.25, -0.2) is 0 Å². The molecule has 0 aliphatic rings. The highest BCUT2D eigenvalue weighted by Crippen LogP contribution is 2.34. The summed E-state index contributed by atoms with van der Waals surface area (Å²) in [4.78, 5) is 11.6. The highest BCUT2D eigenvalue weighted by molar-refractivity contribution is 5.96. The number of aryl methyl sites for hydroxylation is 2. The van der Waals surface area contributed by atoms with Crippen LogP contribution < -0.4 is 10.5 Å². The fourth-order valence-corrected chi connectivity index (χ4v) is 2.28. The van der Waals surface area contributed by atoms with E-state index in [2.05, 4.69) is 0 Å². The molecule has 2 rings (SSSR count). The molecular formula is C17H19NO2. The smallest absolute Gasteiger partial charge is 0.159 e. The summed E-state index contributed by atoms with van der Waals surface area (Å²) in [5.74, 6) is 0.788. The largest absolute Gasteiger partial charge is 0.496 e. The van der Waals surface area contributed by atoms with Gasteiger partial charge in [-0.15, -0.1) is 0 Å². The van der Waals surface area contributed by atoms with E-state index in [4.69, 9.17) is 10.5 Å². The average Bonchev–Trinajstić information content (AvgIpc) is 2.43. The summed E-state index contributed by atoms with van der Waals surface area (Å²) in [6.45, 7) is 5.52. The van der Waals surface area contributed by atoms with Crippen molar-refractivity contribution in [3.63, 3.8) is 0 Å². The third kappa shape index (κ3) is 2.52. The quantitative estimate of drug-likeness (QED) is 0.681. The molecule has 0 aliphatic carbocycles. The van der Waals surface area contributed by atoms with Crippen LogP contribution >= 0.6 is 0 Å². The van der Waals surface area contributed by atoms with E-state index in [1.807, 2.05) is 38.1 Å². The predicted octanol–water partition coefficient (Wildman–Crippen LogP) is 3.76. The molecule has 2 aromatic carbocycles. The van der Waals surface area contributed by atoms with Gasteiger partial charge in [0.1, 0.15) is 5.75 Å². The van der Waals surface area contributed by atoms with E-state index in [0.29, 0.717) is 5.56 Å². The van der Waals surface area contributed by atoms with E-state index in [1.54, 1.807) is 20.1 Å². The summed E-state index contributed by atoms with van der Waals surface area (Å²) < 4.78 is 5.40. The number of anilines is 1. The molecule has 0 atom stereocenters. The zero-order valence-corrected chi connectivity index (χ0v) is 12.3. The van der Waals surface area contributed by atoms with E-state index in [1.165, 1.54) is 0 Å². The Kier molecular flexibility index (Phi) is 3.79. The molecule has 0 heterocycles. The number of ketones is 1. The van der Waals surface area contributed by atoms with Crippen LogP contribution in [0.3, 0.4) is 0 Å². The SMILES string of the molecule is COc1ccc(C(C)=O)cc1-c1cc(C)c(N)c(C)c1. The van der Waals surface area contributed by atoms with Crippen LogP contribution in [0.15, 0.2) is 30.3 Å². The van der Waals surface area contributed by atoms with Crippen LogP contribution in [0.5, 0.6) is 5.75 Å². The topological polar surface area (TPSA) is 52.3 Å². The predicted molar refractivity (Wildman–Crippen MR) is 82.3 cm³/mol. The number of carbonyl (C=O) groups is 1. The van der Waals surface area contributed by atoms with Gasteiger partial charge in [0, 0.05) is 16.8 Å². The molecule has 2 N–H and O–H groups in total. The second kappa shape index (κ2) is 5.37. The number of hydrogen-bond donors (Lipinski definition) is 1. The van der Waals surface area contributed by atoms with Crippen molar-refractivity contribution < 1.29 is 9.53 Å². The van der Waals surface area contributed by atoms with Gasteiger partial charge < -0.3 is 10.5 Å². The minimum absolute atomic E-state index is 0.0396. The zero-order valence-electron chi connectivity index (χ0n) is 12.3. The van der Waals surface area contributed by atoms with E-state index in [0.717, 1.165) is 33.7 Å². The van der Waals surface area contributed by atoms with Crippen molar-refractivity contribution in [3.05, 3.63) is 47.0 Å². The van der Waals surface area contributed by atoms with Gasteiger partial charge in [0.2, 0.25) is 0 Å². The molecule has 3 nitrogen and oxygen atoms in total. The van der Waals surface area contributed by atoms with Crippen LogP contribution in [0.1, 0.15) is 28.4 Å². The first-order chi connectivity index (χ1) is 9.43. The summed E-state index contributed by atoms with van der Waals surface area (Å²) in [5.41, 5.74) is 11.4. The second-order valence-electron chi connectivity index (χ2n) is 4.99. The lowest BCUT2D eigenvalue weighted by Crippen LogP contribution is -1.98. The first-order valence-corrected chi connectivity index (χ1v) is 6.50. The van der Waals surface area contributed by atoms with Crippen LogP contribution in [0.2, 0.25) is 0 Å². The van der Waals surface area contributed by atoms with Crippen molar-refractivity contribution in [2.45, 2.75) is 20.8 Å². The molecule has 0 bridgehead atoms. The molecule has 0 amide bonds. The highest BCUT2D eigenvalue weighted by Gasteiger charge is 2.11. The van der Waals surface area contributed by atoms with Gasteiger partial charge in [-0.1, -0.05) is 0 Å². The van der Waals surface area contributed by atoms with Crippen LogP contribution in [0.25, 0.3) is 11.1 Å². The first-order valence-electron chi connectivity index (χ1n) is 6.50. The Morgan fingerprint density at radius 2 is 1.70 bits per heavy atom. The maximum absolute atomic E-state index is 11.6. The van der Waals surface area contributed by atoms with E-state index < -0.39 is 0 Å². The van der Waals surface area contributed by atoms with Crippen molar-refractivity contribution in [2.24, 2.45) is 0 Å². The van der Waals surface area contributed by atoms with E-state index in [9.17, 15) is 4.79 Å². The van der Waals surface area contributed by atoms with Crippen molar-refractivity contribution in [1.82, 2.24) is 0 Å². The van der Waals surface area contributed by atoms with Crippen LogP contribution in [0.4, 0.5) is 5.69 Å². The molecule has 0 saturated heterocycles. The number of nitrogens with two attached hydrogens (primary N) is 1. The Bertz CT molecular complexity index is 652. The number of Topliss-reactive ketones (excluding diaryl/α,β-unsaturated/α-hetero) is 1. The maximum atomic E-state index is 11.6. The normalized spacial score (nSPS) is 10.4. The number of carbonyl (C=O) groups excluding carboxylic acids is 1. The minimum Gasteiger partial charge on any atom is -0.496 e. The summed E-state index contributed by atoms with van der Waals surface area (Å²) in [6, 6.07) is 9.51. The fourth-order valence-electron chi connectivity index (χ4n) is 2.28. The van der Waals surface area contributed by atoms with Gasteiger partial charge in [-0.2, -0.15) is 0 Å². The monoisotopic (exact) mass is 269 g/mol. The van der Waals surface area contributed by atoms with Crippen LogP contribution in [-0.2, 0) is 0 Å². The molecule has 0 unspecified atom stereocenters. The lowest BCUT2D eigenvalue weighted by Gasteiger charge is -2.13. The van der Waals surface area contributed by atoms with Gasteiger partial charge in [-0.3, -0.25) is 4.79 Å². The van der Waals surface area contributed by atoms with Gasteiger partial charge >= 0.3 is 0 Å². The summed E-state index contributed by atoms with van der Waals surface area (Å²) in [5, 5.41) is 0. The second-order valence-corrected chi connectivity index (χ2v) is 4.99. The number of rotatable bonds is 3. The number of nitrogen functional groups attached to an aromatic ring is 1. The van der Waals surface area contributed by atoms with Crippen molar-refractivity contribution in [3.8, 4) is 16.9 Å². The molecule has 104 valence electrons. The maximum Gasteiger partial charge on any atom is 0.159 e.